The molecule has 0 fully saturated rings. The van der Waals surface area contributed by atoms with E-state index in [9.17, 15) is 5.11 Å². The van der Waals surface area contributed by atoms with Gasteiger partial charge in [0.05, 0.1) is 12.7 Å². The summed E-state index contributed by atoms with van der Waals surface area (Å²) in [6.45, 7) is 0. The molecule has 1 aromatic carbocycles. The highest BCUT2D eigenvalue weighted by atomic mass is 16.5. The molecule has 0 saturated heterocycles. The molecule has 0 aliphatic heterocycles. The minimum atomic E-state index is 0.0374. The fourth-order valence-corrected chi connectivity index (χ4v) is 1.63. The molecule has 0 spiro atoms. The molecule has 0 aliphatic carbocycles. The smallest absolute Gasteiger partial charge is 0.262 e. The van der Waals surface area contributed by atoms with Gasteiger partial charge in [0.25, 0.3) is 5.89 Å². The summed E-state index contributed by atoms with van der Waals surface area (Å²) in [5.41, 5.74) is 0.407. The number of benzene rings is 1. The number of ether oxygens (including phenoxy) is 1. The van der Waals surface area contributed by atoms with E-state index < -0.39 is 0 Å². The van der Waals surface area contributed by atoms with Crippen LogP contribution in [0.15, 0.2) is 35.1 Å². The number of phenolic OH excluding ortho intramolecular Hbond substituents is 1. The number of hydrogen-bond acceptors (Lipinski definition) is 6. The van der Waals surface area contributed by atoms with Crippen molar-refractivity contribution in [1.29, 1.82) is 0 Å². The van der Waals surface area contributed by atoms with E-state index in [0.29, 0.717) is 23.0 Å². The number of aromatic amines is 1. The molecule has 2 aromatic heterocycles. The maximum atomic E-state index is 9.82. The van der Waals surface area contributed by atoms with E-state index in [2.05, 4.69) is 20.1 Å². The van der Waals surface area contributed by atoms with Crippen molar-refractivity contribution < 1.29 is 14.4 Å². The molecule has 3 aromatic rings. The minimum Gasteiger partial charge on any atom is -0.507 e. The molecule has 0 amide bonds. The Labute approximate surface area is 107 Å². The summed E-state index contributed by atoms with van der Waals surface area (Å²) in [5.74, 6) is 1.64. The third-order valence-electron chi connectivity index (χ3n) is 2.57. The summed E-state index contributed by atoms with van der Waals surface area (Å²) in [5, 5.41) is 13.6. The molecule has 0 saturated carbocycles. The molecule has 0 aliphatic rings. The van der Waals surface area contributed by atoms with Crippen molar-refractivity contribution in [3.05, 3.63) is 30.6 Å². The Kier molecular flexibility index (Phi) is 2.64. The number of H-pyrrole nitrogens is 1. The highest BCUT2D eigenvalue weighted by molar-refractivity contribution is 5.65. The van der Waals surface area contributed by atoms with Crippen molar-refractivity contribution >= 4 is 0 Å². The third kappa shape index (κ3) is 2.01. The van der Waals surface area contributed by atoms with Crippen molar-refractivity contribution in [3.8, 4) is 34.6 Å². The SMILES string of the molecule is COc1ccc(O)c(-c2nc(-c3ncc[nH]3)no2)c1. The molecule has 0 radical (unpaired) electrons. The van der Waals surface area contributed by atoms with Crippen LogP contribution in [-0.4, -0.2) is 32.3 Å². The zero-order chi connectivity index (χ0) is 13.2. The predicted octanol–water partition coefficient (Wildman–Crippen LogP) is 1.84. The van der Waals surface area contributed by atoms with Crippen molar-refractivity contribution in [1.82, 2.24) is 20.1 Å². The summed E-state index contributed by atoms with van der Waals surface area (Å²) in [7, 11) is 1.54. The van der Waals surface area contributed by atoms with Gasteiger partial charge in [0.1, 0.15) is 11.5 Å². The summed E-state index contributed by atoms with van der Waals surface area (Å²) in [6, 6.07) is 4.77. The Morgan fingerprint density at radius 2 is 2.26 bits per heavy atom. The van der Waals surface area contributed by atoms with E-state index in [1.165, 1.54) is 13.2 Å². The molecule has 96 valence electrons. The van der Waals surface area contributed by atoms with Gasteiger partial charge in [-0.25, -0.2) is 4.98 Å². The lowest BCUT2D eigenvalue weighted by atomic mass is 10.2. The molecule has 2 heterocycles. The molecule has 2 N–H and O–H groups in total. The number of rotatable bonds is 3. The average Bonchev–Trinajstić information content (AvgIpc) is 3.10. The van der Waals surface area contributed by atoms with Gasteiger partial charge in [-0.3, -0.25) is 0 Å². The van der Waals surface area contributed by atoms with Gasteiger partial charge < -0.3 is 19.4 Å². The Balaban J connectivity index is 2.03. The fraction of sp³-hybridized carbons (Fsp3) is 0.0833. The number of imidazole rings is 1. The molecule has 0 atom stereocenters. The van der Waals surface area contributed by atoms with Gasteiger partial charge in [0, 0.05) is 12.4 Å². The highest BCUT2D eigenvalue weighted by Crippen LogP contribution is 2.32. The van der Waals surface area contributed by atoms with Crippen molar-refractivity contribution in [2.24, 2.45) is 0 Å². The van der Waals surface area contributed by atoms with Crippen molar-refractivity contribution in [2.45, 2.75) is 0 Å². The zero-order valence-corrected chi connectivity index (χ0v) is 9.99. The Morgan fingerprint density at radius 1 is 1.37 bits per heavy atom. The number of aromatic hydroxyl groups is 1. The standard InChI is InChI=1S/C12H10N4O3/c1-18-7-2-3-9(17)8(6-7)12-15-11(16-19-12)10-13-4-5-14-10/h2-6,17H,1H3,(H,13,14). The molecule has 19 heavy (non-hydrogen) atoms. The van der Waals surface area contributed by atoms with Gasteiger partial charge in [0.2, 0.25) is 5.82 Å². The van der Waals surface area contributed by atoms with Gasteiger partial charge in [-0.1, -0.05) is 5.16 Å². The lowest BCUT2D eigenvalue weighted by molar-refractivity contribution is 0.408. The van der Waals surface area contributed by atoms with Crippen LogP contribution in [0.3, 0.4) is 0 Å². The van der Waals surface area contributed by atoms with Gasteiger partial charge in [-0.05, 0) is 18.2 Å². The van der Waals surface area contributed by atoms with Crippen LogP contribution in [0.4, 0.5) is 0 Å². The minimum absolute atomic E-state index is 0.0374. The molecule has 0 unspecified atom stereocenters. The van der Waals surface area contributed by atoms with E-state index in [0.717, 1.165) is 0 Å². The summed E-state index contributed by atoms with van der Waals surface area (Å²) in [4.78, 5) is 11.1. The number of hydrogen-bond donors (Lipinski definition) is 2. The van der Waals surface area contributed by atoms with E-state index in [-0.39, 0.29) is 11.6 Å². The number of phenols is 1. The first-order chi connectivity index (χ1) is 9.28. The van der Waals surface area contributed by atoms with E-state index >= 15 is 0 Å². The molecule has 3 rings (SSSR count). The number of methoxy groups -OCH3 is 1. The summed E-state index contributed by atoms with van der Waals surface area (Å²) in [6.07, 6.45) is 3.25. The van der Waals surface area contributed by atoms with E-state index in [1.54, 1.807) is 24.5 Å². The normalized spacial score (nSPS) is 10.6. The van der Waals surface area contributed by atoms with Gasteiger partial charge in [-0.2, -0.15) is 4.98 Å². The monoisotopic (exact) mass is 258 g/mol. The fourth-order valence-electron chi connectivity index (χ4n) is 1.63. The Bertz CT molecular complexity index is 691. The molecule has 7 nitrogen and oxygen atoms in total. The van der Waals surface area contributed by atoms with Gasteiger partial charge in [0.15, 0.2) is 5.82 Å². The van der Waals surface area contributed by atoms with E-state index in [1.807, 2.05) is 0 Å². The molecular formula is C12H10N4O3. The largest absolute Gasteiger partial charge is 0.507 e. The number of nitrogens with one attached hydrogen (secondary N) is 1. The quantitative estimate of drug-likeness (QED) is 0.744. The van der Waals surface area contributed by atoms with Crippen LogP contribution in [0.25, 0.3) is 23.1 Å². The maximum absolute atomic E-state index is 9.82. The van der Waals surface area contributed by atoms with Gasteiger partial charge in [-0.15, -0.1) is 0 Å². The highest BCUT2D eigenvalue weighted by Gasteiger charge is 2.15. The second kappa shape index (κ2) is 4.45. The van der Waals surface area contributed by atoms with Crippen molar-refractivity contribution in [3.63, 3.8) is 0 Å². The third-order valence-corrected chi connectivity index (χ3v) is 2.57. The topological polar surface area (TPSA) is 97.1 Å². The second-order valence-electron chi connectivity index (χ2n) is 3.74. The average molecular weight is 258 g/mol. The second-order valence-corrected chi connectivity index (χ2v) is 3.74. The number of nitrogens with zero attached hydrogens (tertiary/aromatic N) is 3. The maximum Gasteiger partial charge on any atom is 0.262 e. The van der Waals surface area contributed by atoms with Crippen LogP contribution in [0.2, 0.25) is 0 Å². The first-order valence-corrected chi connectivity index (χ1v) is 5.49. The molecule has 0 bridgehead atoms. The summed E-state index contributed by atoms with van der Waals surface area (Å²) < 4.78 is 10.2. The first-order valence-electron chi connectivity index (χ1n) is 5.49. The number of aromatic nitrogens is 4. The molecular weight excluding hydrogens is 248 g/mol. The lowest BCUT2D eigenvalue weighted by Gasteiger charge is -2.02. The van der Waals surface area contributed by atoms with Crippen LogP contribution in [-0.2, 0) is 0 Å². The Morgan fingerprint density at radius 3 is 3.00 bits per heavy atom. The van der Waals surface area contributed by atoms with Crippen LogP contribution < -0.4 is 4.74 Å². The van der Waals surface area contributed by atoms with Crippen LogP contribution >= 0.6 is 0 Å². The van der Waals surface area contributed by atoms with Crippen LogP contribution in [0.5, 0.6) is 11.5 Å². The zero-order valence-electron chi connectivity index (χ0n) is 9.99. The van der Waals surface area contributed by atoms with E-state index in [4.69, 9.17) is 9.26 Å². The molecule has 7 heteroatoms. The van der Waals surface area contributed by atoms with Gasteiger partial charge >= 0.3 is 0 Å². The summed E-state index contributed by atoms with van der Waals surface area (Å²) >= 11 is 0. The van der Waals surface area contributed by atoms with Crippen molar-refractivity contribution in [2.75, 3.05) is 7.11 Å². The predicted molar refractivity (Wildman–Crippen MR) is 65.5 cm³/mol. The lowest BCUT2D eigenvalue weighted by Crippen LogP contribution is -1.86. The van der Waals surface area contributed by atoms with Crippen LogP contribution in [0, 0.1) is 0 Å². The Hall–Kier alpha value is -2.83. The van der Waals surface area contributed by atoms with Crippen LogP contribution in [0.1, 0.15) is 0 Å². The first kappa shape index (κ1) is 11.3.